The number of aliphatic hydroxyl groups is 1. The number of rotatable bonds is 6. The highest BCUT2D eigenvalue weighted by molar-refractivity contribution is 5.94. The summed E-state index contributed by atoms with van der Waals surface area (Å²) in [7, 11) is 0. The van der Waals surface area contributed by atoms with Gasteiger partial charge in [0.25, 0.3) is 5.91 Å². The smallest absolute Gasteiger partial charge is 0.253 e. The normalized spacial score (nSPS) is 17.3. The number of likely N-dealkylation sites (tertiary alicyclic amines) is 1. The number of ketones is 1. The molecule has 2 aromatic heterocycles. The SMILES string of the molecule is O=C(Cc1nc2cccc(-c3ccc(C(=O)N4CCC(O)(c5ccccc5)CC4)cc3)n2n1)C1CC1. The van der Waals surface area contributed by atoms with Gasteiger partial charge in [0.15, 0.2) is 11.5 Å². The second kappa shape index (κ2) is 8.99. The maximum Gasteiger partial charge on any atom is 0.253 e. The Hall–Kier alpha value is -3.84. The molecule has 1 amide bonds. The van der Waals surface area contributed by atoms with E-state index < -0.39 is 5.60 Å². The zero-order chi connectivity index (χ0) is 24.7. The molecule has 2 aliphatic rings. The highest BCUT2D eigenvalue weighted by atomic mass is 16.3. The Balaban J connectivity index is 1.17. The minimum absolute atomic E-state index is 0.0310. The number of fused-ring (bicyclic) bond motifs is 1. The first kappa shape index (κ1) is 22.6. The summed E-state index contributed by atoms with van der Waals surface area (Å²) in [4.78, 5) is 31.7. The number of pyridine rings is 1. The first-order valence-electron chi connectivity index (χ1n) is 12.6. The summed E-state index contributed by atoms with van der Waals surface area (Å²) in [6.07, 6.45) is 3.26. The van der Waals surface area contributed by atoms with Crippen LogP contribution in [0.4, 0.5) is 0 Å². The first-order chi connectivity index (χ1) is 17.5. The van der Waals surface area contributed by atoms with Gasteiger partial charge in [0.05, 0.1) is 17.7 Å². The number of aromatic nitrogens is 3. The van der Waals surface area contributed by atoms with Gasteiger partial charge in [0, 0.05) is 30.1 Å². The summed E-state index contributed by atoms with van der Waals surface area (Å²) in [5, 5.41) is 15.7. The number of hydrogen-bond donors (Lipinski definition) is 1. The van der Waals surface area contributed by atoms with Gasteiger partial charge in [-0.15, -0.1) is 0 Å². The monoisotopic (exact) mass is 480 g/mol. The standard InChI is InChI=1S/C29H28N4O3/c34-25(21-11-12-21)19-26-30-27-8-4-7-24(33(27)31-26)20-9-13-22(14-10-20)28(35)32-17-15-29(36,16-18-32)23-5-2-1-3-6-23/h1-10,13-14,21,36H,11-12,15-19H2. The van der Waals surface area contributed by atoms with Crippen LogP contribution in [0, 0.1) is 5.92 Å². The van der Waals surface area contributed by atoms with Crippen molar-refractivity contribution in [1.29, 1.82) is 0 Å². The molecule has 1 N–H and O–H groups in total. The minimum atomic E-state index is -0.888. The summed E-state index contributed by atoms with van der Waals surface area (Å²) < 4.78 is 1.77. The van der Waals surface area contributed by atoms with E-state index >= 15 is 0 Å². The summed E-state index contributed by atoms with van der Waals surface area (Å²) in [6, 6.07) is 23.0. The second-order valence-corrected chi connectivity index (χ2v) is 9.89. The zero-order valence-electron chi connectivity index (χ0n) is 20.0. The van der Waals surface area contributed by atoms with Crippen molar-refractivity contribution in [2.75, 3.05) is 13.1 Å². The van der Waals surface area contributed by atoms with Gasteiger partial charge in [0.1, 0.15) is 5.78 Å². The van der Waals surface area contributed by atoms with Crippen molar-refractivity contribution in [3.05, 3.63) is 89.7 Å². The van der Waals surface area contributed by atoms with Crippen LogP contribution in [-0.2, 0) is 16.8 Å². The summed E-state index contributed by atoms with van der Waals surface area (Å²) in [5.41, 5.74) is 3.11. The molecule has 1 aliphatic heterocycles. The first-order valence-corrected chi connectivity index (χ1v) is 12.6. The number of nitrogens with zero attached hydrogens (tertiary/aromatic N) is 4. The molecule has 6 rings (SSSR count). The number of benzene rings is 2. The molecule has 182 valence electrons. The fourth-order valence-corrected chi connectivity index (χ4v) is 5.03. The van der Waals surface area contributed by atoms with Gasteiger partial charge in [-0.3, -0.25) is 9.59 Å². The fourth-order valence-electron chi connectivity index (χ4n) is 5.03. The topological polar surface area (TPSA) is 87.8 Å². The van der Waals surface area contributed by atoms with E-state index in [0.29, 0.717) is 43.0 Å². The minimum Gasteiger partial charge on any atom is -0.385 e. The predicted molar refractivity (Wildman–Crippen MR) is 135 cm³/mol. The molecule has 3 heterocycles. The molecule has 2 fully saturated rings. The van der Waals surface area contributed by atoms with E-state index in [1.165, 1.54) is 0 Å². The van der Waals surface area contributed by atoms with Crippen molar-refractivity contribution in [2.45, 2.75) is 37.7 Å². The van der Waals surface area contributed by atoms with E-state index in [0.717, 1.165) is 29.7 Å². The van der Waals surface area contributed by atoms with Crippen LogP contribution in [0.15, 0.2) is 72.8 Å². The van der Waals surface area contributed by atoms with Crippen LogP contribution in [-0.4, -0.2) is 49.4 Å². The molecule has 7 heteroatoms. The Kier molecular flexibility index (Phi) is 5.64. The fraction of sp³-hybridized carbons (Fsp3) is 0.310. The Bertz CT molecular complexity index is 1420. The molecule has 7 nitrogen and oxygen atoms in total. The molecule has 1 saturated carbocycles. The van der Waals surface area contributed by atoms with Crippen LogP contribution >= 0.6 is 0 Å². The molecular weight excluding hydrogens is 452 g/mol. The second-order valence-electron chi connectivity index (χ2n) is 9.89. The Morgan fingerprint density at radius 2 is 1.64 bits per heavy atom. The largest absolute Gasteiger partial charge is 0.385 e. The number of carbonyl (C=O) groups is 2. The number of carbonyl (C=O) groups excluding carboxylic acids is 2. The highest BCUT2D eigenvalue weighted by Crippen LogP contribution is 2.33. The molecule has 1 saturated heterocycles. The third-order valence-corrected chi connectivity index (χ3v) is 7.39. The van der Waals surface area contributed by atoms with Crippen molar-refractivity contribution in [3.8, 4) is 11.3 Å². The number of hydrogen-bond acceptors (Lipinski definition) is 5. The summed E-state index contributed by atoms with van der Waals surface area (Å²) in [6.45, 7) is 1.01. The van der Waals surface area contributed by atoms with Crippen molar-refractivity contribution in [3.63, 3.8) is 0 Å². The number of Topliss-reactive ketones (excluding diaryl/α,β-unsaturated/α-hetero) is 1. The Labute approximate surface area is 209 Å². The molecule has 0 unspecified atom stereocenters. The molecule has 0 bridgehead atoms. The zero-order valence-corrected chi connectivity index (χ0v) is 20.0. The van der Waals surface area contributed by atoms with Crippen LogP contribution in [0.3, 0.4) is 0 Å². The van der Waals surface area contributed by atoms with Gasteiger partial charge in [-0.05, 0) is 55.5 Å². The van der Waals surface area contributed by atoms with Gasteiger partial charge in [0.2, 0.25) is 0 Å². The van der Waals surface area contributed by atoms with Crippen LogP contribution in [0.1, 0.15) is 47.4 Å². The average molecular weight is 481 g/mol. The quantitative estimate of drug-likeness (QED) is 0.450. The molecular formula is C29H28N4O3. The average Bonchev–Trinajstić information content (AvgIpc) is 3.69. The van der Waals surface area contributed by atoms with Crippen LogP contribution < -0.4 is 0 Å². The lowest BCUT2D eigenvalue weighted by Crippen LogP contribution is -2.45. The lowest BCUT2D eigenvalue weighted by molar-refractivity contribution is -0.119. The molecule has 0 radical (unpaired) electrons. The van der Waals surface area contributed by atoms with Gasteiger partial charge in [-0.2, -0.15) is 5.10 Å². The van der Waals surface area contributed by atoms with E-state index in [1.807, 2.05) is 77.7 Å². The highest BCUT2D eigenvalue weighted by Gasteiger charge is 2.35. The molecule has 36 heavy (non-hydrogen) atoms. The Morgan fingerprint density at radius 3 is 2.33 bits per heavy atom. The van der Waals surface area contributed by atoms with Crippen LogP contribution in [0.5, 0.6) is 0 Å². The maximum atomic E-state index is 13.2. The maximum absolute atomic E-state index is 13.2. The van der Waals surface area contributed by atoms with E-state index in [4.69, 9.17) is 0 Å². The lowest BCUT2D eigenvalue weighted by atomic mass is 9.84. The number of amides is 1. The van der Waals surface area contributed by atoms with Gasteiger partial charge in [-0.25, -0.2) is 9.50 Å². The number of piperidine rings is 1. The van der Waals surface area contributed by atoms with Crippen molar-refractivity contribution in [1.82, 2.24) is 19.5 Å². The van der Waals surface area contributed by atoms with Crippen molar-refractivity contribution in [2.24, 2.45) is 5.92 Å². The van der Waals surface area contributed by atoms with E-state index in [-0.39, 0.29) is 24.0 Å². The van der Waals surface area contributed by atoms with E-state index in [2.05, 4.69) is 10.1 Å². The van der Waals surface area contributed by atoms with Crippen molar-refractivity contribution < 1.29 is 14.7 Å². The van der Waals surface area contributed by atoms with E-state index in [9.17, 15) is 14.7 Å². The van der Waals surface area contributed by atoms with Crippen LogP contribution in [0.25, 0.3) is 16.9 Å². The lowest BCUT2D eigenvalue weighted by Gasteiger charge is -2.38. The molecule has 1 aliphatic carbocycles. The third-order valence-electron chi connectivity index (χ3n) is 7.39. The van der Waals surface area contributed by atoms with E-state index in [1.54, 1.807) is 4.52 Å². The summed E-state index contributed by atoms with van der Waals surface area (Å²) >= 11 is 0. The molecule has 0 atom stereocenters. The predicted octanol–water partition coefficient (Wildman–Crippen LogP) is 4.04. The van der Waals surface area contributed by atoms with Gasteiger partial charge < -0.3 is 10.0 Å². The Morgan fingerprint density at radius 1 is 0.917 bits per heavy atom. The van der Waals surface area contributed by atoms with Gasteiger partial charge in [-0.1, -0.05) is 48.5 Å². The van der Waals surface area contributed by atoms with Crippen molar-refractivity contribution >= 4 is 17.3 Å². The molecule has 4 aromatic rings. The van der Waals surface area contributed by atoms with Crippen LogP contribution in [0.2, 0.25) is 0 Å². The van der Waals surface area contributed by atoms with Gasteiger partial charge >= 0.3 is 0 Å². The summed E-state index contributed by atoms with van der Waals surface area (Å²) in [5.74, 6) is 0.923. The molecule has 2 aromatic carbocycles. The third kappa shape index (κ3) is 4.31. The molecule has 0 spiro atoms.